The molecular formula is C16H25NO2. The number of nitrogens with one attached hydrogen (secondary N) is 1. The van der Waals surface area contributed by atoms with Crippen LogP contribution in [-0.4, -0.2) is 27.3 Å². The van der Waals surface area contributed by atoms with Gasteiger partial charge in [-0.1, -0.05) is 25.5 Å². The van der Waals surface area contributed by atoms with Crippen LogP contribution >= 0.6 is 0 Å². The van der Waals surface area contributed by atoms with Crippen LogP contribution in [-0.2, 0) is 0 Å². The molecule has 0 heterocycles. The van der Waals surface area contributed by atoms with Crippen molar-refractivity contribution in [2.75, 3.05) is 27.3 Å². The summed E-state index contributed by atoms with van der Waals surface area (Å²) in [5, 5.41) is 3.43. The summed E-state index contributed by atoms with van der Waals surface area (Å²) in [7, 11) is 3.34. The molecule has 1 aromatic rings. The van der Waals surface area contributed by atoms with Crippen molar-refractivity contribution >= 4 is 6.08 Å². The lowest BCUT2D eigenvalue weighted by atomic mass is 10.1. The van der Waals surface area contributed by atoms with E-state index in [-0.39, 0.29) is 0 Å². The lowest BCUT2D eigenvalue weighted by Gasteiger charge is -2.09. The van der Waals surface area contributed by atoms with E-state index in [1.807, 2.05) is 18.2 Å². The number of methoxy groups -OCH3 is 2. The van der Waals surface area contributed by atoms with Crippen molar-refractivity contribution in [3.8, 4) is 11.5 Å². The first kappa shape index (κ1) is 15.6. The summed E-state index contributed by atoms with van der Waals surface area (Å²) in [6, 6.07) is 5.94. The zero-order chi connectivity index (χ0) is 14.1. The van der Waals surface area contributed by atoms with Crippen LogP contribution in [0.15, 0.2) is 23.8 Å². The summed E-state index contributed by atoms with van der Waals surface area (Å²) in [4.78, 5) is 0. The molecule has 0 amide bonds. The lowest BCUT2D eigenvalue weighted by Crippen LogP contribution is -2.17. The fourth-order valence-corrected chi connectivity index (χ4v) is 1.85. The quantitative estimate of drug-likeness (QED) is 0.728. The van der Waals surface area contributed by atoms with Crippen LogP contribution in [0.4, 0.5) is 0 Å². The van der Waals surface area contributed by atoms with Gasteiger partial charge in [0.1, 0.15) is 11.5 Å². The molecule has 0 spiro atoms. The van der Waals surface area contributed by atoms with E-state index in [2.05, 4.69) is 25.2 Å². The van der Waals surface area contributed by atoms with Crippen molar-refractivity contribution in [3.63, 3.8) is 0 Å². The van der Waals surface area contributed by atoms with Gasteiger partial charge in [-0.2, -0.15) is 0 Å². The molecule has 1 rings (SSSR count). The molecule has 0 aliphatic rings. The first-order valence-electron chi connectivity index (χ1n) is 6.86. The van der Waals surface area contributed by atoms with E-state index in [0.29, 0.717) is 0 Å². The van der Waals surface area contributed by atoms with Gasteiger partial charge in [0.2, 0.25) is 0 Å². The Morgan fingerprint density at radius 2 is 1.74 bits per heavy atom. The van der Waals surface area contributed by atoms with Gasteiger partial charge < -0.3 is 14.8 Å². The zero-order valence-electron chi connectivity index (χ0n) is 12.5. The Kier molecular flexibility index (Phi) is 7.04. The first-order chi connectivity index (χ1) is 9.23. The molecular weight excluding hydrogens is 238 g/mol. The number of hydrogen-bond acceptors (Lipinski definition) is 3. The van der Waals surface area contributed by atoms with E-state index < -0.39 is 0 Å². The van der Waals surface area contributed by atoms with Gasteiger partial charge in [0.15, 0.2) is 0 Å². The first-order valence-corrected chi connectivity index (χ1v) is 6.86. The Hall–Kier alpha value is -1.48. The minimum absolute atomic E-state index is 0.822. The Bertz CT molecular complexity index is 391. The molecule has 1 N–H and O–H groups in total. The summed E-state index contributed by atoms with van der Waals surface area (Å²) in [6.07, 6.45) is 4.40. The van der Waals surface area contributed by atoms with Crippen LogP contribution < -0.4 is 14.8 Å². The maximum Gasteiger partial charge on any atom is 0.123 e. The molecule has 0 radical (unpaired) electrons. The largest absolute Gasteiger partial charge is 0.497 e. The average molecular weight is 263 g/mol. The second-order valence-electron chi connectivity index (χ2n) is 4.48. The second kappa shape index (κ2) is 8.59. The molecule has 106 valence electrons. The number of hydrogen-bond donors (Lipinski definition) is 1. The maximum atomic E-state index is 5.29. The molecule has 0 aliphatic heterocycles. The number of ether oxygens (including phenoxy) is 2. The number of rotatable bonds is 8. The number of benzene rings is 1. The standard InChI is InChI=1S/C16H25NO2/c1-5-7-17-12-13(6-2)8-14-9-15(18-3)11-16(10-14)19-4/h8-11,17H,5-7,12H2,1-4H3. The van der Waals surface area contributed by atoms with E-state index in [9.17, 15) is 0 Å². The minimum Gasteiger partial charge on any atom is -0.497 e. The monoisotopic (exact) mass is 263 g/mol. The van der Waals surface area contributed by atoms with Gasteiger partial charge in [0.05, 0.1) is 14.2 Å². The Morgan fingerprint density at radius 1 is 1.11 bits per heavy atom. The molecule has 0 aliphatic carbocycles. The molecule has 0 unspecified atom stereocenters. The second-order valence-corrected chi connectivity index (χ2v) is 4.48. The highest BCUT2D eigenvalue weighted by Gasteiger charge is 2.01. The molecule has 1 aromatic carbocycles. The topological polar surface area (TPSA) is 30.5 Å². The third-order valence-electron chi connectivity index (χ3n) is 2.98. The van der Waals surface area contributed by atoms with E-state index in [0.717, 1.165) is 43.0 Å². The Balaban J connectivity index is 2.86. The van der Waals surface area contributed by atoms with Crippen molar-refractivity contribution in [1.82, 2.24) is 5.32 Å². The van der Waals surface area contributed by atoms with Crippen LogP contribution in [0, 0.1) is 0 Å². The summed E-state index contributed by atoms with van der Waals surface area (Å²) < 4.78 is 10.6. The fraction of sp³-hybridized carbons (Fsp3) is 0.500. The molecule has 0 bridgehead atoms. The van der Waals surface area contributed by atoms with Gasteiger partial charge in [-0.05, 0) is 37.1 Å². The van der Waals surface area contributed by atoms with Gasteiger partial charge in [-0.3, -0.25) is 0 Å². The maximum absolute atomic E-state index is 5.29. The molecule has 19 heavy (non-hydrogen) atoms. The van der Waals surface area contributed by atoms with Crippen molar-refractivity contribution in [2.24, 2.45) is 0 Å². The SMILES string of the molecule is CCCNCC(=Cc1cc(OC)cc(OC)c1)CC. The van der Waals surface area contributed by atoms with E-state index in [4.69, 9.17) is 9.47 Å². The Morgan fingerprint density at radius 3 is 2.21 bits per heavy atom. The van der Waals surface area contributed by atoms with Gasteiger partial charge >= 0.3 is 0 Å². The summed E-state index contributed by atoms with van der Waals surface area (Å²) in [5.41, 5.74) is 2.50. The lowest BCUT2D eigenvalue weighted by molar-refractivity contribution is 0.394. The predicted octanol–water partition coefficient (Wildman–Crippen LogP) is 3.50. The van der Waals surface area contributed by atoms with Crippen molar-refractivity contribution in [2.45, 2.75) is 26.7 Å². The molecule has 3 heteroatoms. The van der Waals surface area contributed by atoms with Crippen LogP contribution in [0.2, 0.25) is 0 Å². The van der Waals surface area contributed by atoms with Crippen molar-refractivity contribution < 1.29 is 9.47 Å². The van der Waals surface area contributed by atoms with Crippen molar-refractivity contribution in [1.29, 1.82) is 0 Å². The average Bonchev–Trinajstić information content (AvgIpc) is 2.45. The smallest absolute Gasteiger partial charge is 0.123 e. The molecule has 0 fully saturated rings. The third kappa shape index (κ3) is 5.35. The third-order valence-corrected chi connectivity index (χ3v) is 2.98. The van der Waals surface area contributed by atoms with E-state index in [1.165, 1.54) is 5.57 Å². The molecule has 0 saturated carbocycles. The van der Waals surface area contributed by atoms with E-state index >= 15 is 0 Å². The van der Waals surface area contributed by atoms with Crippen LogP contribution in [0.5, 0.6) is 11.5 Å². The highest BCUT2D eigenvalue weighted by molar-refractivity contribution is 5.58. The van der Waals surface area contributed by atoms with Crippen LogP contribution in [0.25, 0.3) is 6.08 Å². The van der Waals surface area contributed by atoms with E-state index in [1.54, 1.807) is 14.2 Å². The Labute approximate surface area is 116 Å². The molecule has 0 saturated heterocycles. The molecule has 0 aromatic heterocycles. The van der Waals surface area contributed by atoms with Crippen LogP contribution in [0.3, 0.4) is 0 Å². The molecule has 3 nitrogen and oxygen atoms in total. The van der Waals surface area contributed by atoms with Gasteiger partial charge in [-0.15, -0.1) is 0 Å². The summed E-state index contributed by atoms with van der Waals surface area (Å²) in [5.74, 6) is 1.64. The van der Waals surface area contributed by atoms with Crippen molar-refractivity contribution in [3.05, 3.63) is 29.3 Å². The minimum atomic E-state index is 0.822. The zero-order valence-corrected chi connectivity index (χ0v) is 12.5. The van der Waals surface area contributed by atoms with Gasteiger partial charge in [0, 0.05) is 12.6 Å². The highest BCUT2D eigenvalue weighted by atomic mass is 16.5. The fourth-order valence-electron chi connectivity index (χ4n) is 1.85. The predicted molar refractivity (Wildman–Crippen MR) is 81.0 cm³/mol. The summed E-state index contributed by atoms with van der Waals surface area (Å²) >= 11 is 0. The highest BCUT2D eigenvalue weighted by Crippen LogP contribution is 2.24. The van der Waals surface area contributed by atoms with Crippen LogP contribution in [0.1, 0.15) is 32.3 Å². The van der Waals surface area contributed by atoms with Gasteiger partial charge in [-0.25, -0.2) is 0 Å². The molecule has 0 atom stereocenters. The van der Waals surface area contributed by atoms with Gasteiger partial charge in [0.25, 0.3) is 0 Å². The normalized spacial score (nSPS) is 11.5. The summed E-state index contributed by atoms with van der Waals surface area (Å²) in [6.45, 7) is 6.34.